The maximum atomic E-state index is 12.0. The summed E-state index contributed by atoms with van der Waals surface area (Å²) in [7, 11) is -3.57. The van der Waals surface area contributed by atoms with Gasteiger partial charge in [0.2, 0.25) is 10.0 Å². The highest BCUT2D eigenvalue weighted by atomic mass is 32.2. The van der Waals surface area contributed by atoms with Crippen molar-refractivity contribution in [3.8, 4) is 0 Å². The minimum absolute atomic E-state index is 0.190. The van der Waals surface area contributed by atoms with Crippen molar-refractivity contribution in [2.75, 3.05) is 19.6 Å². The van der Waals surface area contributed by atoms with Crippen LogP contribution in [0.5, 0.6) is 0 Å². The number of nitrogens with two attached hydrogens (primary N) is 1. The van der Waals surface area contributed by atoms with Gasteiger partial charge in [0.05, 0.1) is 5.25 Å². The summed E-state index contributed by atoms with van der Waals surface area (Å²) in [5.41, 5.74) is 0. The summed E-state index contributed by atoms with van der Waals surface area (Å²) in [5, 5.41) is 9.41. The average Bonchev–Trinajstić information content (AvgIpc) is 2.96. The van der Waals surface area contributed by atoms with E-state index in [1.54, 1.807) is 16.2 Å². The summed E-state index contributed by atoms with van der Waals surface area (Å²) in [6.45, 7) is 1.37. The number of hydrogen-bond acceptors (Lipinski definition) is 4. The van der Waals surface area contributed by atoms with E-state index in [2.05, 4.69) is 11.4 Å². The normalized spacial score (nSPS) is 19.5. The lowest BCUT2D eigenvalue weighted by Crippen LogP contribution is -2.50. The van der Waals surface area contributed by atoms with E-state index in [0.29, 0.717) is 25.9 Å². The van der Waals surface area contributed by atoms with Gasteiger partial charge in [-0.05, 0) is 37.1 Å². The predicted octanol–water partition coefficient (Wildman–Crippen LogP) is 1.14. The topological polar surface area (TPSA) is 92.5 Å². The Hall–Kier alpha value is -1.12. The van der Waals surface area contributed by atoms with Crippen molar-refractivity contribution in [3.63, 3.8) is 0 Å². The maximum absolute atomic E-state index is 12.0. The molecule has 2 amide bonds. The Morgan fingerprint density at radius 3 is 3.00 bits per heavy atom. The van der Waals surface area contributed by atoms with Crippen LogP contribution in [0.25, 0.3) is 0 Å². The molecule has 1 aromatic rings. The number of thiophene rings is 1. The number of carbonyl (C=O) groups is 1. The number of urea groups is 1. The molecule has 0 aromatic carbocycles. The Balaban J connectivity index is 1.72. The second-order valence-corrected chi connectivity index (χ2v) is 8.09. The molecule has 21 heavy (non-hydrogen) atoms. The SMILES string of the molecule is NS(=O)(=O)C1CCCN(C(=O)NCCCc2cccs2)C1. The Kier molecular flexibility index (Phi) is 5.60. The number of amides is 2. The molecule has 1 aromatic heterocycles. The van der Waals surface area contributed by atoms with Crippen LogP contribution in [-0.4, -0.2) is 44.2 Å². The molecule has 1 aliphatic rings. The smallest absolute Gasteiger partial charge is 0.317 e. The minimum atomic E-state index is -3.57. The minimum Gasteiger partial charge on any atom is -0.338 e. The van der Waals surface area contributed by atoms with Crippen molar-refractivity contribution in [1.82, 2.24) is 10.2 Å². The molecule has 1 atom stereocenters. The summed E-state index contributed by atoms with van der Waals surface area (Å²) in [4.78, 5) is 14.9. The van der Waals surface area contributed by atoms with Gasteiger partial charge in [0.15, 0.2) is 0 Å². The molecule has 1 unspecified atom stereocenters. The van der Waals surface area contributed by atoms with Crippen LogP contribution < -0.4 is 10.5 Å². The lowest BCUT2D eigenvalue weighted by molar-refractivity contribution is 0.187. The van der Waals surface area contributed by atoms with Gasteiger partial charge < -0.3 is 10.2 Å². The first-order chi connectivity index (χ1) is 9.97. The van der Waals surface area contributed by atoms with E-state index in [1.807, 2.05) is 11.4 Å². The van der Waals surface area contributed by atoms with Crippen LogP contribution in [0, 0.1) is 0 Å². The fraction of sp³-hybridized carbons (Fsp3) is 0.615. The van der Waals surface area contributed by atoms with Gasteiger partial charge in [-0.15, -0.1) is 11.3 Å². The molecular formula is C13H21N3O3S2. The predicted molar refractivity (Wildman–Crippen MR) is 83.7 cm³/mol. The van der Waals surface area contributed by atoms with Crippen molar-refractivity contribution in [2.24, 2.45) is 5.14 Å². The standard InChI is InChI=1S/C13H21N3O3S2/c14-21(18,19)12-6-2-8-16(10-12)13(17)15-7-1-4-11-5-3-9-20-11/h3,5,9,12H,1-2,4,6-8,10H2,(H,15,17)(H2,14,18,19). The first-order valence-electron chi connectivity index (χ1n) is 7.03. The zero-order valence-electron chi connectivity index (χ0n) is 11.8. The molecule has 0 radical (unpaired) electrons. The fourth-order valence-electron chi connectivity index (χ4n) is 2.42. The number of nitrogens with zero attached hydrogens (tertiary/aromatic N) is 1. The van der Waals surface area contributed by atoms with Crippen LogP contribution in [0.4, 0.5) is 4.79 Å². The van der Waals surface area contributed by atoms with Gasteiger partial charge in [-0.2, -0.15) is 0 Å². The second-order valence-electron chi connectivity index (χ2n) is 5.21. The Morgan fingerprint density at radius 1 is 1.52 bits per heavy atom. The highest BCUT2D eigenvalue weighted by molar-refractivity contribution is 7.89. The van der Waals surface area contributed by atoms with Crippen molar-refractivity contribution in [2.45, 2.75) is 30.9 Å². The molecule has 0 saturated carbocycles. The third kappa shape index (κ3) is 4.98. The Morgan fingerprint density at radius 2 is 2.33 bits per heavy atom. The van der Waals surface area contributed by atoms with Crippen LogP contribution in [0.1, 0.15) is 24.1 Å². The largest absolute Gasteiger partial charge is 0.338 e. The lowest BCUT2D eigenvalue weighted by Gasteiger charge is -2.31. The summed E-state index contributed by atoms with van der Waals surface area (Å²) < 4.78 is 22.7. The van der Waals surface area contributed by atoms with E-state index in [0.717, 1.165) is 12.8 Å². The lowest BCUT2D eigenvalue weighted by atomic mass is 10.1. The zero-order chi connectivity index (χ0) is 15.3. The number of aryl methyl sites for hydroxylation is 1. The van der Waals surface area contributed by atoms with Gasteiger partial charge in [-0.1, -0.05) is 6.07 Å². The molecule has 118 valence electrons. The highest BCUT2D eigenvalue weighted by Gasteiger charge is 2.30. The van der Waals surface area contributed by atoms with E-state index in [4.69, 9.17) is 5.14 Å². The molecule has 0 aliphatic carbocycles. The van der Waals surface area contributed by atoms with E-state index < -0.39 is 15.3 Å². The number of nitrogens with one attached hydrogen (secondary N) is 1. The Bertz CT molecular complexity index is 557. The Labute approximate surface area is 129 Å². The summed E-state index contributed by atoms with van der Waals surface area (Å²) >= 11 is 1.71. The monoisotopic (exact) mass is 331 g/mol. The highest BCUT2D eigenvalue weighted by Crippen LogP contribution is 2.15. The van der Waals surface area contributed by atoms with Crippen LogP contribution in [0.3, 0.4) is 0 Å². The van der Waals surface area contributed by atoms with Crippen LogP contribution >= 0.6 is 11.3 Å². The van der Waals surface area contributed by atoms with E-state index in [1.165, 1.54) is 4.88 Å². The number of hydrogen-bond donors (Lipinski definition) is 2. The molecule has 2 heterocycles. The van der Waals surface area contributed by atoms with E-state index in [-0.39, 0.29) is 12.6 Å². The van der Waals surface area contributed by atoms with Crippen LogP contribution in [-0.2, 0) is 16.4 Å². The molecule has 0 spiro atoms. The molecule has 3 N–H and O–H groups in total. The summed E-state index contributed by atoms with van der Waals surface area (Å²) in [5.74, 6) is 0. The summed E-state index contributed by atoms with van der Waals surface area (Å²) in [6.07, 6.45) is 3.02. The van der Waals surface area contributed by atoms with Gasteiger partial charge in [0.25, 0.3) is 0 Å². The van der Waals surface area contributed by atoms with Gasteiger partial charge >= 0.3 is 6.03 Å². The van der Waals surface area contributed by atoms with Gasteiger partial charge in [-0.25, -0.2) is 18.4 Å². The quantitative estimate of drug-likeness (QED) is 0.793. The van der Waals surface area contributed by atoms with Gasteiger partial charge in [0.1, 0.15) is 0 Å². The molecule has 8 heteroatoms. The molecule has 2 rings (SSSR count). The molecule has 0 bridgehead atoms. The fourth-order valence-corrected chi connectivity index (χ4v) is 4.05. The number of primary sulfonamides is 1. The van der Waals surface area contributed by atoms with Gasteiger partial charge in [-0.3, -0.25) is 0 Å². The van der Waals surface area contributed by atoms with Crippen molar-refractivity contribution in [1.29, 1.82) is 0 Å². The maximum Gasteiger partial charge on any atom is 0.317 e. The van der Waals surface area contributed by atoms with Crippen molar-refractivity contribution < 1.29 is 13.2 Å². The molecule has 6 nitrogen and oxygen atoms in total. The van der Waals surface area contributed by atoms with Crippen molar-refractivity contribution in [3.05, 3.63) is 22.4 Å². The second kappa shape index (κ2) is 7.24. The third-order valence-electron chi connectivity index (χ3n) is 3.59. The number of rotatable bonds is 5. The molecule has 1 fully saturated rings. The third-order valence-corrected chi connectivity index (χ3v) is 5.84. The van der Waals surface area contributed by atoms with Crippen LogP contribution in [0.2, 0.25) is 0 Å². The van der Waals surface area contributed by atoms with Crippen molar-refractivity contribution >= 4 is 27.4 Å². The number of carbonyl (C=O) groups excluding carboxylic acids is 1. The zero-order valence-corrected chi connectivity index (χ0v) is 13.5. The van der Waals surface area contributed by atoms with Gasteiger partial charge in [0, 0.05) is 24.5 Å². The summed E-state index contributed by atoms with van der Waals surface area (Å²) in [6, 6.07) is 3.89. The molecule has 1 saturated heterocycles. The first kappa shape index (κ1) is 16.3. The van der Waals surface area contributed by atoms with E-state index >= 15 is 0 Å². The molecule has 1 aliphatic heterocycles. The van der Waals surface area contributed by atoms with E-state index in [9.17, 15) is 13.2 Å². The first-order valence-corrected chi connectivity index (χ1v) is 9.52. The number of sulfonamides is 1. The van der Waals surface area contributed by atoms with Crippen LogP contribution in [0.15, 0.2) is 17.5 Å². The molecular weight excluding hydrogens is 310 g/mol. The average molecular weight is 331 g/mol. The number of piperidine rings is 1. The number of likely N-dealkylation sites (tertiary alicyclic amines) is 1.